The summed E-state index contributed by atoms with van der Waals surface area (Å²) in [6.07, 6.45) is 6.61. The first-order valence-electron chi connectivity index (χ1n) is 11.4. The third kappa shape index (κ3) is 5.55. The predicted molar refractivity (Wildman–Crippen MR) is 142 cm³/mol. The highest BCUT2D eigenvalue weighted by atomic mass is 79.9. The smallest absolute Gasteiger partial charge is 0.270 e. The van der Waals surface area contributed by atoms with Crippen LogP contribution in [0.1, 0.15) is 22.7 Å². The first kappa shape index (κ1) is 23.6. The Morgan fingerprint density at radius 2 is 1.89 bits per heavy atom. The number of carbonyl (C=O) groups is 1. The van der Waals surface area contributed by atoms with Gasteiger partial charge in [-0.2, -0.15) is 0 Å². The summed E-state index contributed by atoms with van der Waals surface area (Å²) in [5.41, 5.74) is 2.99. The number of anilines is 2. The van der Waals surface area contributed by atoms with E-state index in [0.29, 0.717) is 23.7 Å². The van der Waals surface area contributed by atoms with Gasteiger partial charge in [0.2, 0.25) is 5.95 Å². The summed E-state index contributed by atoms with van der Waals surface area (Å²) in [6.45, 7) is 0.527. The lowest BCUT2D eigenvalue weighted by Crippen LogP contribution is -2.25. The number of H-pyrrole nitrogens is 1. The molecule has 5 aromatic rings. The Bertz CT molecular complexity index is 1480. The molecule has 0 saturated heterocycles. The van der Waals surface area contributed by atoms with E-state index in [1.165, 1.54) is 0 Å². The van der Waals surface area contributed by atoms with Crippen LogP contribution in [0.15, 0.2) is 77.7 Å². The largest absolute Gasteiger partial charge is 0.457 e. The maximum atomic E-state index is 12.5. The fourth-order valence-electron chi connectivity index (χ4n) is 3.74. The van der Waals surface area contributed by atoms with Crippen molar-refractivity contribution in [1.29, 1.82) is 0 Å². The minimum Gasteiger partial charge on any atom is -0.457 e. The number of ether oxygens (including phenoxy) is 1. The van der Waals surface area contributed by atoms with Gasteiger partial charge in [-0.05, 0) is 48.9 Å². The molecule has 0 atom stereocenters. The van der Waals surface area contributed by atoms with E-state index in [2.05, 4.69) is 41.5 Å². The number of aromatic amines is 1. The fourth-order valence-corrected chi connectivity index (χ4v) is 4.00. The number of rotatable bonds is 9. The third-order valence-corrected chi connectivity index (χ3v) is 6.11. The van der Waals surface area contributed by atoms with Gasteiger partial charge in [-0.25, -0.2) is 9.97 Å². The zero-order chi connectivity index (χ0) is 24.9. The fraction of sp³-hybridized carbons (Fsp3) is 0.154. The van der Waals surface area contributed by atoms with E-state index in [1.54, 1.807) is 30.7 Å². The molecular weight excluding hydrogens is 522 g/mol. The van der Waals surface area contributed by atoms with Crippen LogP contribution >= 0.6 is 15.9 Å². The molecule has 0 spiro atoms. The Morgan fingerprint density at radius 1 is 1.06 bits per heavy atom. The SMILES string of the molecule is Cn1c(Nc2ccc(Br)cc2)nc2cc(Oc3ccnc(C(=O)NCCCc4ncc[nH]4)c3)ccc21. The maximum absolute atomic E-state index is 12.5. The highest BCUT2D eigenvalue weighted by molar-refractivity contribution is 9.10. The number of aryl methyl sites for hydroxylation is 2. The van der Waals surface area contributed by atoms with Gasteiger partial charge in [0.25, 0.3) is 5.91 Å². The van der Waals surface area contributed by atoms with E-state index in [-0.39, 0.29) is 5.91 Å². The van der Waals surface area contributed by atoms with Crippen molar-refractivity contribution in [3.05, 3.63) is 89.2 Å². The van der Waals surface area contributed by atoms with Gasteiger partial charge in [-0.3, -0.25) is 9.78 Å². The van der Waals surface area contributed by atoms with Gasteiger partial charge in [0.15, 0.2) is 0 Å². The molecule has 5 rings (SSSR count). The number of aromatic nitrogens is 5. The Morgan fingerprint density at radius 3 is 2.69 bits per heavy atom. The first-order chi connectivity index (χ1) is 17.5. The second kappa shape index (κ2) is 10.6. The molecule has 0 aliphatic heterocycles. The molecule has 3 N–H and O–H groups in total. The summed E-state index contributed by atoms with van der Waals surface area (Å²) >= 11 is 3.45. The second-order valence-electron chi connectivity index (χ2n) is 8.15. The lowest BCUT2D eigenvalue weighted by Gasteiger charge is -2.08. The summed E-state index contributed by atoms with van der Waals surface area (Å²) in [7, 11) is 1.96. The van der Waals surface area contributed by atoms with Gasteiger partial charge in [0, 0.05) is 60.9 Å². The number of amides is 1. The van der Waals surface area contributed by atoms with Crippen molar-refractivity contribution in [1.82, 2.24) is 29.8 Å². The lowest BCUT2D eigenvalue weighted by molar-refractivity contribution is 0.0948. The van der Waals surface area contributed by atoms with Crippen molar-refractivity contribution in [2.45, 2.75) is 12.8 Å². The van der Waals surface area contributed by atoms with Crippen LogP contribution in [0.2, 0.25) is 0 Å². The minimum atomic E-state index is -0.247. The number of carbonyl (C=O) groups excluding carboxylic acids is 1. The van der Waals surface area contributed by atoms with Gasteiger partial charge in [0.1, 0.15) is 23.0 Å². The number of nitrogens with one attached hydrogen (secondary N) is 3. The molecule has 2 aromatic carbocycles. The van der Waals surface area contributed by atoms with E-state index in [0.717, 1.165) is 45.8 Å². The van der Waals surface area contributed by atoms with Gasteiger partial charge in [0.05, 0.1) is 11.0 Å². The van der Waals surface area contributed by atoms with E-state index < -0.39 is 0 Å². The summed E-state index contributed by atoms with van der Waals surface area (Å²) in [4.78, 5) is 28.7. The molecule has 9 nitrogen and oxygen atoms in total. The average Bonchev–Trinajstić information content (AvgIpc) is 3.51. The van der Waals surface area contributed by atoms with Crippen molar-refractivity contribution >= 4 is 44.5 Å². The quantitative estimate of drug-likeness (QED) is 0.215. The van der Waals surface area contributed by atoms with Gasteiger partial charge in [-0.15, -0.1) is 0 Å². The van der Waals surface area contributed by atoms with Gasteiger partial charge in [-0.1, -0.05) is 15.9 Å². The molecule has 0 radical (unpaired) electrons. The molecule has 3 heterocycles. The molecule has 182 valence electrons. The zero-order valence-electron chi connectivity index (χ0n) is 19.5. The maximum Gasteiger partial charge on any atom is 0.270 e. The van der Waals surface area contributed by atoms with E-state index in [9.17, 15) is 4.79 Å². The van der Waals surface area contributed by atoms with Crippen molar-refractivity contribution in [3.8, 4) is 11.5 Å². The number of hydrogen-bond donors (Lipinski definition) is 3. The standard InChI is InChI=1S/C26H24BrN7O2/c1-34-23-9-8-19(15-21(23)33-26(34)32-18-6-4-17(27)5-7-18)36-20-10-12-28-22(16-20)25(35)31-11-2-3-24-29-13-14-30-24/h4-10,12-16H,2-3,11H2,1H3,(H,29,30)(H,31,35)(H,32,33). The lowest BCUT2D eigenvalue weighted by atomic mass is 10.2. The van der Waals surface area contributed by atoms with Crippen LogP contribution in [-0.4, -0.2) is 37.0 Å². The molecule has 0 aliphatic rings. The highest BCUT2D eigenvalue weighted by Gasteiger charge is 2.12. The molecule has 10 heteroatoms. The molecule has 0 aliphatic carbocycles. The first-order valence-corrected chi connectivity index (χ1v) is 12.2. The summed E-state index contributed by atoms with van der Waals surface area (Å²) < 4.78 is 9.03. The zero-order valence-corrected chi connectivity index (χ0v) is 21.1. The van der Waals surface area contributed by atoms with Crippen molar-refractivity contribution in [2.75, 3.05) is 11.9 Å². The molecular formula is C26H24BrN7O2. The number of pyridine rings is 1. The number of imidazole rings is 2. The average molecular weight is 546 g/mol. The van der Waals surface area contributed by atoms with Crippen LogP contribution in [0.3, 0.4) is 0 Å². The third-order valence-electron chi connectivity index (χ3n) is 5.58. The number of fused-ring (bicyclic) bond motifs is 1. The van der Waals surface area contributed by atoms with Crippen LogP contribution in [0.4, 0.5) is 11.6 Å². The van der Waals surface area contributed by atoms with Crippen molar-refractivity contribution in [3.63, 3.8) is 0 Å². The Labute approximate surface area is 216 Å². The molecule has 0 bridgehead atoms. The normalized spacial score (nSPS) is 10.9. The van der Waals surface area contributed by atoms with Crippen LogP contribution in [0.25, 0.3) is 11.0 Å². The van der Waals surface area contributed by atoms with Crippen LogP contribution in [0.5, 0.6) is 11.5 Å². The molecule has 3 aromatic heterocycles. The van der Waals surface area contributed by atoms with Crippen LogP contribution in [0, 0.1) is 0 Å². The topological polar surface area (TPSA) is 110 Å². The summed E-state index contributed by atoms with van der Waals surface area (Å²) in [6, 6.07) is 17.0. The number of benzene rings is 2. The summed E-state index contributed by atoms with van der Waals surface area (Å²) in [5, 5.41) is 6.23. The number of halogens is 1. The van der Waals surface area contributed by atoms with E-state index in [4.69, 9.17) is 9.72 Å². The molecule has 1 amide bonds. The number of hydrogen-bond acceptors (Lipinski definition) is 6. The Hall–Kier alpha value is -4.18. The van der Waals surface area contributed by atoms with Crippen molar-refractivity contribution < 1.29 is 9.53 Å². The molecule has 0 unspecified atom stereocenters. The minimum absolute atomic E-state index is 0.247. The van der Waals surface area contributed by atoms with Gasteiger partial charge >= 0.3 is 0 Å². The van der Waals surface area contributed by atoms with Crippen LogP contribution < -0.4 is 15.4 Å². The summed E-state index contributed by atoms with van der Waals surface area (Å²) in [5.74, 6) is 2.52. The van der Waals surface area contributed by atoms with E-state index >= 15 is 0 Å². The van der Waals surface area contributed by atoms with E-state index in [1.807, 2.05) is 54.1 Å². The van der Waals surface area contributed by atoms with Crippen LogP contribution in [-0.2, 0) is 13.5 Å². The Balaban J connectivity index is 1.24. The predicted octanol–water partition coefficient (Wildman–Crippen LogP) is 5.35. The highest BCUT2D eigenvalue weighted by Crippen LogP contribution is 2.28. The van der Waals surface area contributed by atoms with Gasteiger partial charge < -0.3 is 24.9 Å². The van der Waals surface area contributed by atoms with Crippen molar-refractivity contribution in [2.24, 2.45) is 7.05 Å². The molecule has 0 fully saturated rings. The second-order valence-corrected chi connectivity index (χ2v) is 9.07. The Kier molecular flexibility index (Phi) is 6.94. The monoisotopic (exact) mass is 545 g/mol. The molecule has 36 heavy (non-hydrogen) atoms. The number of nitrogens with zero attached hydrogens (tertiary/aromatic N) is 4. The molecule has 0 saturated carbocycles.